The first-order chi connectivity index (χ1) is 9.62. The maximum Gasteiger partial charge on any atom is 0.506 e. The van der Waals surface area contributed by atoms with Gasteiger partial charge in [-0.15, -0.1) is 0 Å². The molecule has 21 heavy (non-hydrogen) atoms. The van der Waals surface area contributed by atoms with Crippen LogP contribution in [0.15, 0.2) is 30.3 Å². The Balaban J connectivity index is 2.58. The van der Waals surface area contributed by atoms with Crippen molar-refractivity contribution in [2.75, 3.05) is 0 Å². The quantitative estimate of drug-likeness (QED) is 0.466. The molecule has 0 aliphatic heterocycles. The molecule has 1 N–H and O–H groups in total. The summed E-state index contributed by atoms with van der Waals surface area (Å²) in [4.78, 5) is 21.6. The lowest BCUT2D eigenvalue weighted by Gasteiger charge is -2.32. The highest BCUT2D eigenvalue weighted by Gasteiger charge is 2.30. The Morgan fingerprint density at radius 3 is 2.24 bits per heavy atom. The van der Waals surface area contributed by atoms with Gasteiger partial charge in [-0.2, -0.15) is 0 Å². The Kier molecular flexibility index (Phi) is 5.75. The summed E-state index contributed by atoms with van der Waals surface area (Å²) in [5.74, 6) is 0. The van der Waals surface area contributed by atoms with E-state index in [4.69, 9.17) is 14.9 Å². The van der Waals surface area contributed by atoms with Crippen LogP contribution in [-0.2, 0) is 20.1 Å². The molecule has 0 saturated carbocycles. The van der Waals surface area contributed by atoms with Crippen molar-refractivity contribution in [1.29, 1.82) is 0 Å². The number of hydrogen-bond donors (Lipinski definition) is 1. The number of hydrogen-bond acceptors (Lipinski definition) is 4. The molecule has 0 heterocycles. The molecule has 0 amide bonds. The van der Waals surface area contributed by atoms with Crippen LogP contribution in [0.1, 0.15) is 46.6 Å². The molecule has 0 radical (unpaired) electrons. The van der Waals surface area contributed by atoms with E-state index < -0.39 is 23.5 Å². The van der Waals surface area contributed by atoms with Gasteiger partial charge in [0.25, 0.3) is 0 Å². The molecule has 1 aromatic carbocycles. The highest BCUT2D eigenvalue weighted by Crippen LogP contribution is 2.28. The monoisotopic (exact) mass is 296 g/mol. The summed E-state index contributed by atoms with van der Waals surface area (Å²) >= 11 is 0. The molecule has 0 aliphatic rings. The number of rotatable bonds is 7. The average Bonchev–Trinajstić information content (AvgIpc) is 2.36. The lowest BCUT2D eigenvalue weighted by molar-refractivity contribution is -0.408. The number of ether oxygens (including phenoxy) is 1. The summed E-state index contributed by atoms with van der Waals surface area (Å²) in [6, 6.07) is 9.75. The van der Waals surface area contributed by atoms with E-state index in [1.807, 2.05) is 58.0 Å². The third kappa shape index (κ3) is 6.14. The van der Waals surface area contributed by atoms with Crippen molar-refractivity contribution < 1.29 is 24.4 Å². The van der Waals surface area contributed by atoms with Crippen molar-refractivity contribution in [3.8, 4) is 0 Å². The molecule has 1 unspecified atom stereocenters. The third-order valence-electron chi connectivity index (χ3n) is 3.03. The van der Waals surface area contributed by atoms with E-state index in [2.05, 4.69) is 4.74 Å². The van der Waals surface area contributed by atoms with Crippen LogP contribution in [0, 0.1) is 0 Å². The van der Waals surface area contributed by atoms with Crippen molar-refractivity contribution in [3.05, 3.63) is 35.9 Å². The van der Waals surface area contributed by atoms with E-state index in [1.165, 1.54) is 0 Å². The largest absolute Gasteiger partial charge is 0.506 e. The zero-order valence-electron chi connectivity index (χ0n) is 13.3. The van der Waals surface area contributed by atoms with Crippen molar-refractivity contribution >= 4 is 6.16 Å². The van der Waals surface area contributed by atoms with Crippen molar-refractivity contribution in [2.24, 2.45) is 0 Å². The summed E-state index contributed by atoms with van der Waals surface area (Å²) in [7, 11) is 0. The second-order valence-corrected chi connectivity index (χ2v) is 6.20. The van der Waals surface area contributed by atoms with E-state index in [9.17, 15) is 4.79 Å². The molecular formula is C16H24O5. The van der Waals surface area contributed by atoms with Gasteiger partial charge in [0.1, 0.15) is 17.3 Å². The number of carbonyl (C=O) groups is 1. The SMILES string of the molecule is CC(CC(C)(C)OOC(C)(C)c1ccccc1)OC(=O)O. The second kappa shape index (κ2) is 6.91. The molecular weight excluding hydrogens is 272 g/mol. The zero-order valence-corrected chi connectivity index (χ0v) is 13.3. The molecule has 0 bridgehead atoms. The van der Waals surface area contributed by atoms with Crippen LogP contribution in [-0.4, -0.2) is 23.0 Å². The minimum Gasteiger partial charge on any atom is -0.450 e. The summed E-state index contributed by atoms with van der Waals surface area (Å²) in [6.45, 7) is 9.16. The third-order valence-corrected chi connectivity index (χ3v) is 3.03. The molecule has 0 spiro atoms. The molecule has 0 aliphatic carbocycles. The summed E-state index contributed by atoms with van der Waals surface area (Å²) < 4.78 is 4.68. The second-order valence-electron chi connectivity index (χ2n) is 6.20. The van der Waals surface area contributed by atoms with Gasteiger partial charge < -0.3 is 9.84 Å². The molecule has 1 rings (SSSR count). The van der Waals surface area contributed by atoms with Crippen molar-refractivity contribution in [1.82, 2.24) is 0 Å². The molecule has 0 aromatic heterocycles. The van der Waals surface area contributed by atoms with E-state index >= 15 is 0 Å². The average molecular weight is 296 g/mol. The topological polar surface area (TPSA) is 65.0 Å². The smallest absolute Gasteiger partial charge is 0.450 e. The summed E-state index contributed by atoms with van der Waals surface area (Å²) in [6.07, 6.45) is -1.37. The van der Waals surface area contributed by atoms with Crippen LogP contribution in [0.5, 0.6) is 0 Å². The molecule has 5 heteroatoms. The highest BCUT2D eigenvalue weighted by atomic mass is 17.2. The normalized spacial score (nSPS) is 13.8. The standard InChI is InChI=1S/C16H24O5/c1-12(19-14(17)18)11-15(2,3)20-21-16(4,5)13-9-7-6-8-10-13/h6-10,12H,11H2,1-5H3,(H,17,18). The number of carboxylic acid groups (broad SMARTS) is 1. The fraction of sp³-hybridized carbons (Fsp3) is 0.562. The van der Waals surface area contributed by atoms with Gasteiger partial charge in [0.05, 0.1) is 0 Å². The van der Waals surface area contributed by atoms with Gasteiger partial charge in [-0.1, -0.05) is 30.3 Å². The van der Waals surface area contributed by atoms with Crippen molar-refractivity contribution in [3.63, 3.8) is 0 Å². The van der Waals surface area contributed by atoms with Crippen molar-refractivity contribution in [2.45, 2.75) is 58.3 Å². The van der Waals surface area contributed by atoms with Gasteiger partial charge in [0.15, 0.2) is 0 Å². The van der Waals surface area contributed by atoms with E-state index in [0.29, 0.717) is 6.42 Å². The molecule has 1 atom stereocenters. The van der Waals surface area contributed by atoms with Gasteiger partial charge in [-0.3, -0.25) is 0 Å². The van der Waals surface area contributed by atoms with Gasteiger partial charge in [0.2, 0.25) is 0 Å². The molecule has 1 aromatic rings. The molecule has 118 valence electrons. The van der Waals surface area contributed by atoms with Gasteiger partial charge in [-0.05, 0) is 40.2 Å². The van der Waals surface area contributed by atoms with Crippen LogP contribution < -0.4 is 0 Å². The van der Waals surface area contributed by atoms with Crippen LogP contribution >= 0.6 is 0 Å². The molecule has 0 saturated heterocycles. The highest BCUT2D eigenvalue weighted by molar-refractivity contribution is 5.57. The van der Waals surface area contributed by atoms with Crippen LogP contribution in [0.2, 0.25) is 0 Å². The Hall–Kier alpha value is -1.59. The van der Waals surface area contributed by atoms with Crippen LogP contribution in [0.3, 0.4) is 0 Å². The first-order valence-corrected chi connectivity index (χ1v) is 6.94. The Bertz CT molecular complexity index is 453. The van der Waals surface area contributed by atoms with Gasteiger partial charge in [-0.25, -0.2) is 14.6 Å². The first kappa shape index (κ1) is 17.5. The Labute approximate surface area is 125 Å². The molecule has 5 nitrogen and oxygen atoms in total. The summed E-state index contributed by atoms with van der Waals surface area (Å²) in [5.41, 5.74) is -0.272. The number of benzene rings is 1. The Morgan fingerprint density at radius 2 is 1.71 bits per heavy atom. The van der Waals surface area contributed by atoms with Gasteiger partial charge >= 0.3 is 6.16 Å². The van der Waals surface area contributed by atoms with Crippen LogP contribution in [0.25, 0.3) is 0 Å². The Morgan fingerprint density at radius 1 is 1.14 bits per heavy atom. The maximum atomic E-state index is 10.5. The van der Waals surface area contributed by atoms with Crippen LogP contribution in [0.4, 0.5) is 4.79 Å². The lowest BCUT2D eigenvalue weighted by Crippen LogP contribution is -2.34. The van der Waals surface area contributed by atoms with E-state index in [0.717, 1.165) is 5.56 Å². The minimum absolute atomic E-state index is 0.393. The predicted octanol–water partition coefficient (Wildman–Crippen LogP) is 4.12. The fourth-order valence-electron chi connectivity index (χ4n) is 2.04. The van der Waals surface area contributed by atoms with Gasteiger partial charge in [0, 0.05) is 6.42 Å². The minimum atomic E-state index is -1.29. The van der Waals surface area contributed by atoms with E-state index in [1.54, 1.807) is 6.92 Å². The zero-order chi connectivity index (χ0) is 16.1. The lowest BCUT2D eigenvalue weighted by atomic mass is 9.99. The predicted molar refractivity (Wildman–Crippen MR) is 78.9 cm³/mol. The fourth-order valence-corrected chi connectivity index (χ4v) is 2.04. The maximum absolute atomic E-state index is 10.5. The molecule has 0 fully saturated rings. The van der Waals surface area contributed by atoms with E-state index in [-0.39, 0.29) is 0 Å². The summed E-state index contributed by atoms with van der Waals surface area (Å²) in [5, 5.41) is 8.59. The first-order valence-electron chi connectivity index (χ1n) is 6.94.